The van der Waals surface area contributed by atoms with Gasteiger partial charge in [0.2, 0.25) is 5.82 Å². The van der Waals surface area contributed by atoms with Gasteiger partial charge in [0.25, 0.3) is 0 Å². The first-order chi connectivity index (χ1) is 10.3. The summed E-state index contributed by atoms with van der Waals surface area (Å²) in [7, 11) is 0. The van der Waals surface area contributed by atoms with Crippen molar-refractivity contribution in [1.29, 1.82) is 0 Å². The molecule has 0 spiro atoms. The molecule has 0 aliphatic carbocycles. The van der Waals surface area contributed by atoms with Crippen LogP contribution in [0.5, 0.6) is 0 Å². The van der Waals surface area contributed by atoms with Gasteiger partial charge < -0.3 is 9.84 Å². The molecule has 0 radical (unpaired) electrons. The lowest BCUT2D eigenvalue weighted by atomic mass is 10.2. The van der Waals surface area contributed by atoms with E-state index in [4.69, 9.17) is 4.74 Å². The van der Waals surface area contributed by atoms with E-state index in [0.717, 1.165) is 31.9 Å². The van der Waals surface area contributed by atoms with E-state index >= 15 is 0 Å². The lowest BCUT2D eigenvalue weighted by molar-refractivity contribution is 0.00988. The summed E-state index contributed by atoms with van der Waals surface area (Å²) in [5.41, 5.74) is 0.923. The normalized spacial score (nSPS) is 17.8. The van der Waals surface area contributed by atoms with Gasteiger partial charge in [0.05, 0.1) is 25.9 Å². The highest BCUT2D eigenvalue weighted by molar-refractivity contribution is 5.52. The number of benzene rings is 1. The van der Waals surface area contributed by atoms with E-state index in [1.165, 1.54) is 4.80 Å². The molecule has 21 heavy (non-hydrogen) atoms. The number of aliphatic hydroxyl groups excluding tert-OH is 1. The summed E-state index contributed by atoms with van der Waals surface area (Å²) in [4.78, 5) is 3.64. The Morgan fingerprint density at radius 2 is 1.90 bits per heavy atom. The summed E-state index contributed by atoms with van der Waals surface area (Å²) >= 11 is 0. The van der Waals surface area contributed by atoms with Crippen molar-refractivity contribution in [3.05, 3.63) is 30.3 Å². The first kappa shape index (κ1) is 14.1. The van der Waals surface area contributed by atoms with Crippen molar-refractivity contribution < 1.29 is 9.84 Å². The second-order valence-corrected chi connectivity index (χ2v) is 5.10. The average Bonchev–Trinajstić information content (AvgIpc) is 2.97. The van der Waals surface area contributed by atoms with Crippen molar-refractivity contribution in [2.45, 2.75) is 12.6 Å². The van der Waals surface area contributed by atoms with Crippen molar-refractivity contribution in [1.82, 2.24) is 25.1 Å². The Balaban J connectivity index is 1.56. The fourth-order valence-corrected chi connectivity index (χ4v) is 2.35. The molecule has 1 aromatic heterocycles. The standard InChI is InChI=1S/C14H19N5O2/c20-13(10-18-6-8-21-9-7-18)11-19-16-14(15-17-19)12-4-2-1-3-5-12/h1-5,13,20H,6-11H2. The smallest absolute Gasteiger partial charge is 0.204 e. The second-order valence-electron chi connectivity index (χ2n) is 5.10. The molecule has 0 bridgehead atoms. The quantitative estimate of drug-likeness (QED) is 0.837. The van der Waals surface area contributed by atoms with E-state index in [9.17, 15) is 5.11 Å². The maximum absolute atomic E-state index is 10.1. The predicted molar refractivity (Wildman–Crippen MR) is 76.5 cm³/mol. The van der Waals surface area contributed by atoms with Crippen LogP contribution >= 0.6 is 0 Å². The number of ether oxygens (including phenoxy) is 1. The molecule has 1 aliphatic rings. The molecule has 7 nitrogen and oxygen atoms in total. The van der Waals surface area contributed by atoms with Crippen LogP contribution in [0.3, 0.4) is 0 Å². The minimum Gasteiger partial charge on any atom is -0.390 e. The van der Waals surface area contributed by atoms with Crippen LogP contribution < -0.4 is 0 Å². The van der Waals surface area contributed by atoms with Crippen LogP contribution in [0.1, 0.15) is 0 Å². The van der Waals surface area contributed by atoms with E-state index in [1.807, 2.05) is 30.3 Å². The first-order valence-electron chi connectivity index (χ1n) is 7.12. The van der Waals surface area contributed by atoms with Gasteiger partial charge in [-0.3, -0.25) is 4.90 Å². The van der Waals surface area contributed by atoms with Crippen molar-refractivity contribution in [2.75, 3.05) is 32.8 Å². The van der Waals surface area contributed by atoms with Crippen LogP contribution in [-0.4, -0.2) is 69.2 Å². The van der Waals surface area contributed by atoms with E-state index in [1.54, 1.807) is 0 Å². The van der Waals surface area contributed by atoms with Gasteiger partial charge in [0.1, 0.15) is 0 Å². The fourth-order valence-electron chi connectivity index (χ4n) is 2.35. The topological polar surface area (TPSA) is 76.3 Å². The van der Waals surface area contributed by atoms with Crippen molar-refractivity contribution in [3.8, 4) is 11.4 Å². The van der Waals surface area contributed by atoms with Crippen LogP contribution in [0.15, 0.2) is 30.3 Å². The zero-order valence-corrected chi connectivity index (χ0v) is 11.8. The highest BCUT2D eigenvalue weighted by atomic mass is 16.5. The van der Waals surface area contributed by atoms with Crippen molar-refractivity contribution >= 4 is 0 Å². The molecule has 1 atom stereocenters. The van der Waals surface area contributed by atoms with Gasteiger partial charge in [-0.1, -0.05) is 30.3 Å². The monoisotopic (exact) mass is 289 g/mol. The average molecular weight is 289 g/mol. The van der Waals surface area contributed by atoms with E-state index < -0.39 is 6.10 Å². The lowest BCUT2D eigenvalue weighted by Gasteiger charge is -2.28. The number of hydrogen-bond acceptors (Lipinski definition) is 6. The predicted octanol–water partition coefficient (Wildman–Crippen LogP) is 0.0332. The minimum absolute atomic E-state index is 0.344. The Morgan fingerprint density at radius 1 is 1.14 bits per heavy atom. The SMILES string of the molecule is OC(CN1CCOCC1)Cn1nnc(-c2ccccc2)n1. The molecule has 0 amide bonds. The van der Waals surface area contributed by atoms with E-state index in [2.05, 4.69) is 20.3 Å². The Morgan fingerprint density at radius 3 is 2.67 bits per heavy atom. The highest BCUT2D eigenvalue weighted by Gasteiger charge is 2.16. The first-order valence-corrected chi connectivity index (χ1v) is 7.12. The zero-order chi connectivity index (χ0) is 14.5. The van der Waals surface area contributed by atoms with Crippen LogP contribution in [0, 0.1) is 0 Å². The van der Waals surface area contributed by atoms with Gasteiger partial charge in [-0.25, -0.2) is 0 Å². The number of rotatable bonds is 5. The summed E-state index contributed by atoms with van der Waals surface area (Å²) in [6.07, 6.45) is -0.513. The largest absolute Gasteiger partial charge is 0.390 e. The molecule has 2 aromatic rings. The number of tetrazole rings is 1. The van der Waals surface area contributed by atoms with Crippen LogP contribution in [0.25, 0.3) is 11.4 Å². The molecule has 1 unspecified atom stereocenters. The third-order valence-corrected chi connectivity index (χ3v) is 3.43. The molecule has 0 saturated carbocycles. The Kier molecular flexibility index (Phi) is 4.54. The number of aliphatic hydroxyl groups is 1. The summed E-state index contributed by atoms with van der Waals surface area (Å²) in [5, 5.41) is 22.4. The molecule has 1 aromatic carbocycles. The molecule has 1 aliphatic heterocycles. The molecule has 1 saturated heterocycles. The maximum Gasteiger partial charge on any atom is 0.204 e. The molecule has 1 N–H and O–H groups in total. The summed E-state index contributed by atoms with van der Waals surface area (Å²) in [6.45, 7) is 4.12. The fraction of sp³-hybridized carbons (Fsp3) is 0.500. The van der Waals surface area contributed by atoms with Gasteiger partial charge in [-0.05, 0) is 5.21 Å². The van der Waals surface area contributed by atoms with Gasteiger partial charge in [-0.15, -0.1) is 10.2 Å². The number of aromatic nitrogens is 4. The lowest BCUT2D eigenvalue weighted by Crippen LogP contribution is -2.42. The number of β-amino-alcohol motifs (C(OH)–C–C–N with tert-alkyl or cyclic N) is 1. The summed E-state index contributed by atoms with van der Waals surface area (Å²) in [6, 6.07) is 9.68. The number of morpholine rings is 1. The maximum atomic E-state index is 10.1. The van der Waals surface area contributed by atoms with Crippen LogP contribution in [0.4, 0.5) is 0 Å². The van der Waals surface area contributed by atoms with Gasteiger partial charge >= 0.3 is 0 Å². The van der Waals surface area contributed by atoms with Crippen LogP contribution in [-0.2, 0) is 11.3 Å². The molecular formula is C14H19N5O2. The molecule has 2 heterocycles. The zero-order valence-electron chi connectivity index (χ0n) is 11.8. The third kappa shape index (κ3) is 3.84. The minimum atomic E-state index is -0.513. The van der Waals surface area contributed by atoms with Crippen molar-refractivity contribution in [3.63, 3.8) is 0 Å². The molecule has 3 rings (SSSR count). The molecular weight excluding hydrogens is 270 g/mol. The summed E-state index contributed by atoms with van der Waals surface area (Å²) < 4.78 is 5.29. The number of nitrogens with zero attached hydrogens (tertiary/aromatic N) is 5. The van der Waals surface area contributed by atoms with Gasteiger partial charge in [-0.2, -0.15) is 4.80 Å². The summed E-state index contributed by atoms with van der Waals surface area (Å²) in [5.74, 6) is 0.578. The number of hydrogen-bond donors (Lipinski definition) is 1. The molecule has 7 heteroatoms. The van der Waals surface area contributed by atoms with Gasteiger partial charge in [0.15, 0.2) is 0 Å². The third-order valence-electron chi connectivity index (χ3n) is 3.43. The van der Waals surface area contributed by atoms with Crippen LogP contribution in [0.2, 0.25) is 0 Å². The van der Waals surface area contributed by atoms with E-state index in [-0.39, 0.29) is 0 Å². The van der Waals surface area contributed by atoms with Crippen molar-refractivity contribution in [2.24, 2.45) is 0 Å². The Labute approximate surface area is 123 Å². The second kappa shape index (κ2) is 6.75. The van der Waals surface area contributed by atoms with E-state index in [0.29, 0.717) is 18.9 Å². The van der Waals surface area contributed by atoms with Gasteiger partial charge in [0, 0.05) is 25.2 Å². The molecule has 112 valence electrons. The Bertz CT molecular complexity index is 554. The molecule has 1 fully saturated rings. The highest BCUT2D eigenvalue weighted by Crippen LogP contribution is 2.11. The Hall–Kier alpha value is -1.83.